The minimum absolute atomic E-state index is 0.0158. The van der Waals surface area contributed by atoms with E-state index in [1.165, 1.54) is 31.4 Å². The van der Waals surface area contributed by atoms with Gasteiger partial charge in [-0.15, -0.1) is 0 Å². The lowest BCUT2D eigenvalue weighted by Crippen LogP contribution is -2.38. The number of ether oxygens (including phenoxy) is 2. The molecule has 7 nitrogen and oxygen atoms in total. The van der Waals surface area contributed by atoms with Crippen LogP contribution in [0.4, 0.5) is 13.2 Å². The molecule has 2 aromatic rings. The first-order valence-electron chi connectivity index (χ1n) is 8.14. The van der Waals surface area contributed by atoms with Crippen molar-refractivity contribution in [2.45, 2.75) is 6.18 Å². The molecule has 1 heterocycles. The summed E-state index contributed by atoms with van der Waals surface area (Å²) in [6.45, 7) is 0.528. The van der Waals surface area contributed by atoms with Crippen molar-refractivity contribution in [3.63, 3.8) is 0 Å². The predicted octanol–water partition coefficient (Wildman–Crippen LogP) is 2.39. The van der Waals surface area contributed by atoms with E-state index >= 15 is 0 Å². The highest BCUT2D eigenvalue weighted by Gasteiger charge is 2.30. The average Bonchev–Trinajstić information content (AvgIpc) is 2.66. The van der Waals surface area contributed by atoms with E-state index in [0.29, 0.717) is 25.1 Å². The number of hydrogen-bond acceptors (Lipinski definition) is 5. The van der Waals surface area contributed by atoms with Crippen LogP contribution in [0.15, 0.2) is 42.6 Å². The van der Waals surface area contributed by atoms with Gasteiger partial charge in [-0.1, -0.05) is 0 Å². The molecule has 1 aromatic heterocycles. The van der Waals surface area contributed by atoms with Crippen LogP contribution in [-0.4, -0.2) is 43.6 Å². The van der Waals surface area contributed by atoms with E-state index in [2.05, 4.69) is 15.6 Å². The molecule has 0 aliphatic carbocycles. The van der Waals surface area contributed by atoms with Gasteiger partial charge in [0.25, 0.3) is 5.91 Å². The van der Waals surface area contributed by atoms with Crippen molar-refractivity contribution in [3.05, 3.63) is 53.7 Å². The number of nitrogens with one attached hydrogen (secondary N) is 2. The molecule has 0 spiro atoms. The standard InChI is InChI=1S/C18H18F3N3O4/c1-27-9-8-22-15(25)11-24-17(26)12-2-5-14(6-3-12)28-16-7-4-13(10-23-16)18(19,20)21/h2-7,10H,8-9,11H2,1H3,(H,22,25)(H,24,26). The number of nitrogens with zero attached hydrogens (tertiary/aromatic N) is 1. The van der Waals surface area contributed by atoms with Crippen molar-refractivity contribution in [3.8, 4) is 11.6 Å². The third-order valence-electron chi connectivity index (χ3n) is 3.44. The molecule has 150 valence electrons. The van der Waals surface area contributed by atoms with Gasteiger partial charge in [0.1, 0.15) is 5.75 Å². The first-order valence-corrected chi connectivity index (χ1v) is 8.14. The molecule has 0 unspecified atom stereocenters. The van der Waals surface area contributed by atoms with E-state index < -0.39 is 17.6 Å². The molecule has 2 N–H and O–H groups in total. The predicted molar refractivity (Wildman–Crippen MR) is 93.0 cm³/mol. The molecule has 0 bridgehead atoms. The van der Waals surface area contributed by atoms with Gasteiger partial charge in [-0.25, -0.2) is 4.98 Å². The van der Waals surface area contributed by atoms with E-state index in [0.717, 1.165) is 12.1 Å². The summed E-state index contributed by atoms with van der Waals surface area (Å²) in [5.41, 5.74) is -0.587. The van der Waals surface area contributed by atoms with Gasteiger partial charge in [-0.05, 0) is 30.3 Å². The van der Waals surface area contributed by atoms with Gasteiger partial charge in [0.2, 0.25) is 11.8 Å². The Balaban J connectivity index is 1.87. The molecule has 2 amide bonds. The quantitative estimate of drug-likeness (QED) is 0.668. The third-order valence-corrected chi connectivity index (χ3v) is 3.44. The summed E-state index contributed by atoms with van der Waals surface area (Å²) in [5.74, 6) is -0.529. The normalized spacial score (nSPS) is 11.0. The number of carbonyl (C=O) groups excluding carboxylic acids is 2. The largest absolute Gasteiger partial charge is 0.439 e. The van der Waals surface area contributed by atoms with Crippen LogP contribution >= 0.6 is 0 Å². The summed E-state index contributed by atoms with van der Waals surface area (Å²) in [6, 6.07) is 7.81. The Hall–Kier alpha value is -3.14. The Bertz CT molecular complexity index is 793. The summed E-state index contributed by atoms with van der Waals surface area (Å²) in [5, 5.41) is 5.03. The number of alkyl halides is 3. The second-order valence-electron chi connectivity index (χ2n) is 5.53. The Kier molecular flexibility index (Phi) is 7.33. The summed E-state index contributed by atoms with van der Waals surface area (Å²) < 4.78 is 47.7. The highest BCUT2D eigenvalue weighted by molar-refractivity contribution is 5.96. The topological polar surface area (TPSA) is 89.6 Å². The van der Waals surface area contributed by atoms with E-state index in [9.17, 15) is 22.8 Å². The van der Waals surface area contributed by atoms with Crippen molar-refractivity contribution in [1.82, 2.24) is 15.6 Å². The van der Waals surface area contributed by atoms with Crippen LogP contribution in [0, 0.1) is 0 Å². The number of rotatable bonds is 8. The van der Waals surface area contributed by atoms with E-state index in [-0.39, 0.29) is 23.9 Å². The maximum Gasteiger partial charge on any atom is 0.417 e. The minimum Gasteiger partial charge on any atom is -0.439 e. The monoisotopic (exact) mass is 397 g/mol. The van der Waals surface area contributed by atoms with Crippen molar-refractivity contribution < 1.29 is 32.2 Å². The number of halogens is 3. The van der Waals surface area contributed by atoms with Crippen molar-refractivity contribution in [1.29, 1.82) is 0 Å². The molecule has 0 saturated carbocycles. The maximum atomic E-state index is 12.5. The van der Waals surface area contributed by atoms with Gasteiger partial charge in [0, 0.05) is 31.5 Å². The van der Waals surface area contributed by atoms with Crippen LogP contribution in [0.2, 0.25) is 0 Å². The van der Waals surface area contributed by atoms with Gasteiger partial charge >= 0.3 is 6.18 Å². The second kappa shape index (κ2) is 9.70. The number of pyridine rings is 1. The molecule has 0 atom stereocenters. The Morgan fingerprint density at radius 2 is 1.79 bits per heavy atom. The van der Waals surface area contributed by atoms with Gasteiger partial charge in [-0.2, -0.15) is 13.2 Å². The van der Waals surface area contributed by atoms with E-state index in [1.807, 2.05) is 0 Å². The Morgan fingerprint density at radius 3 is 2.36 bits per heavy atom. The number of methoxy groups -OCH3 is 1. The molecule has 0 aliphatic rings. The molecule has 0 saturated heterocycles. The molecule has 10 heteroatoms. The highest BCUT2D eigenvalue weighted by Crippen LogP contribution is 2.30. The third kappa shape index (κ3) is 6.54. The zero-order valence-electron chi connectivity index (χ0n) is 14.9. The van der Waals surface area contributed by atoms with Gasteiger partial charge in [-0.3, -0.25) is 9.59 Å². The van der Waals surface area contributed by atoms with Crippen LogP contribution < -0.4 is 15.4 Å². The fourth-order valence-electron chi connectivity index (χ4n) is 2.02. The van der Waals surface area contributed by atoms with Crippen LogP contribution in [0.1, 0.15) is 15.9 Å². The lowest BCUT2D eigenvalue weighted by molar-refractivity contribution is -0.137. The molecular weight excluding hydrogens is 379 g/mol. The summed E-state index contributed by atoms with van der Waals surface area (Å²) >= 11 is 0. The molecule has 1 aromatic carbocycles. The zero-order chi connectivity index (χ0) is 20.6. The molecule has 2 rings (SSSR count). The lowest BCUT2D eigenvalue weighted by Gasteiger charge is -2.09. The number of hydrogen-bond donors (Lipinski definition) is 2. The summed E-state index contributed by atoms with van der Waals surface area (Å²) in [6.07, 6.45) is -3.80. The number of amides is 2. The highest BCUT2D eigenvalue weighted by atomic mass is 19.4. The fourth-order valence-corrected chi connectivity index (χ4v) is 2.02. The molecule has 0 fully saturated rings. The SMILES string of the molecule is COCCNC(=O)CNC(=O)c1ccc(Oc2ccc(C(F)(F)F)cn2)cc1. The first kappa shape index (κ1) is 21.2. The maximum absolute atomic E-state index is 12.5. The van der Waals surface area contributed by atoms with Gasteiger partial charge < -0.3 is 20.1 Å². The van der Waals surface area contributed by atoms with E-state index in [1.54, 1.807) is 0 Å². The number of aromatic nitrogens is 1. The second-order valence-corrected chi connectivity index (χ2v) is 5.53. The number of benzene rings is 1. The van der Waals surface area contributed by atoms with Crippen molar-refractivity contribution in [2.24, 2.45) is 0 Å². The summed E-state index contributed by atoms with van der Waals surface area (Å²) in [7, 11) is 1.51. The number of carbonyl (C=O) groups is 2. The Morgan fingerprint density at radius 1 is 1.07 bits per heavy atom. The summed E-state index contributed by atoms with van der Waals surface area (Å²) in [4.78, 5) is 27.1. The molecular formula is C18H18F3N3O4. The smallest absolute Gasteiger partial charge is 0.417 e. The molecule has 28 heavy (non-hydrogen) atoms. The van der Waals surface area contributed by atoms with Gasteiger partial charge in [0.05, 0.1) is 18.7 Å². The minimum atomic E-state index is -4.47. The van der Waals surface area contributed by atoms with Crippen LogP contribution in [-0.2, 0) is 15.7 Å². The van der Waals surface area contributed by atoms with Gasteiger partial charge in [0.15, 0.2) is 0 Å². The average molecular weight is 397 g/mol. The zero-order valence-corrected chi connectivity index (χ0v) is 14.9. The lowest BCUT2D eigenvalue weighted by atomic mass is 10.2. The van der Waals surface area contributed by atoms with Crippen molar-refractivity contribution in [2.75, 3.05) is 26.8 Å². The molecule has 0 radical (unpaired) electrons. The van der Waals surface area contributed by atoms with Crippen LogP contribution in [0.3, 0.4) is 0 Å². The van der Waals surface area contributed by atoms with Crippen LogP contribution in [0.25, 0.3) is 0 Å². The molecule has 0 aliphatic heterocycles. The van der Waals surface area contributed by atoms with E-state index in [4.69, 9.17) is 9.47 Å². The Labute approximate surface area is 158 Å². The first-order chi connectivity index (χ1) is 13.3. The van der Waals surface area contributed by atoms with Crippen LogP contribution in [0.5, 0.6) is 11.6 Å². The van der Waals surface area contributed by atoms with Crippen molar-refractivity contribution >= 4 is 11.8 Å². The fraction of sp³-hybridized carbons (Fsp3) is 0.278.